The highest BCUT2D eigenvalue weighted by molar-refractivity contribution is 5.34. The SMILES string of the molecule is CCCCCCCCCC/C=C/N=C=O. The van der Waals surface area contributed by atoms with Gasteiger partial charge in [0.1, 0.15) is 0 Å². The summed E-state index contributed by atoms with van der Waals surface area (Å²) in [4.78, 5) is 13.1. The zero-order valence-electron chi connectivity index (χ0n) is 9.87. The van der Waals surface area contributed by atoms with E-state index in [1.165, 1.54) is 63.6 Å². The van der Waals surface area contributed by atoms with Crippen LogP contribution in [0.5, 0.6) is 0 Å². The summed E-state index contributed by atoms with van der Waals surface area (Å²) in [6.45, 7) is 2.24. The van der Waals surface area contributed by atoms with Gasteiger partial charge in [-0.3, -0.25) is 0 Å². The molecule has 0 aromatic heterocycles. The van der Waals surface area contributed by atoms with Gasteiger partial charge in [0.2, 0.25) is 6.08 Å². The van der Waals surface area contributed by atoms with Gasteiger partial charge in [-0.15, -0.1) is 0 Å². The third kappa shape index (κ3) is 13.1. The lowest BCUT2D eigenvalue weighted by molar-refractivity contribution is 0.565. The van der Waals surface area contributed by atoms with Gasteiger partial charge in [-0.2, -0.15) is 4.99 Å². The van der Waals surface area contributed by atoms with Gasteiger partial charge in [0.25, 0.3) is 0 Å². The van der Waals surface area contributed by atoms with Crippen LogP contribution in [-0.4, -0.2) is 6.08 Å². The zero-order chi connectivity index (χ0) is 11.2. The highest BCUT2D eigenvalue weighted by Gasteiger charge is 1.89. The molecule has 0 saturated heterocycles. The summed E-state index contributed by atoms with van der Waals surface area (Å²) in [5.74, 6) is 0. The van der Waals surface area contributed by atoms with Crippen LogP contribution in [0, 0.1) is 0 Å². The molecule has 0 aliphatic carbocycles. The first-order valence-corrected chi connectivity index (χ1v) is 6.13. The van der Waals surface area contributed by atoms with Crippen LogP contribution in [0.2, 0.25) is 0 Å². The maximum Gasteiger partial charge on any atom is 0.239 e. The van der Waals surface area contributed by atoms with Crippen molar-refractivity contribution in [3.05, 3.63) is 12.3 Å². The van der Waals surface area contributed by atoms with Crippen molar-refractivity contribution in [2.45, 2.75) is 64.7 Å². The number of carbonyl (C=O) groups excluding carboxylic acids is 1. The zero-order valence-corrected chi connectivity index (χ0v) is 9.87. The number of isocyanates is 1. The molecule has 0 rings (SSSR count). The fraction of sp³-hybridized carbons (Fsp3) is 0.769. The Morgan fingerprint density at radius 2 is 1.60 bits per heavy atom. The third-order valence-electron chi connectivity index (χ3n) is 2.46. The number of nitrogens with zero attached hydrogens (tertiary/aromatic N) is 1. The molecule has 0 amide bonds. The van der Waals surface area contributed by atoms with E-state index in [2.05, 4.69) is 11.9 Å². The fourth-order valence-corrected chi connectivity index (χ4v) is 1.55. The van der Waals surface area contributed by atoms with Crippen molar-refractivity contribution in [3.8, 4) is 0 Å². The molecule has 0 radical (unpaired) electrons. The van der Waals surface area contributed by atoms with Gasteiger partial charge < -0.3 is 0 Å². The van der Waals surface area contributed by atoms with E-state index in [9.17, 15) is 4.79 Å². The normalized spacial score (nSPS) is 10.5. The standard InChI is InChI=1S/C13H23NO/c1-2-3-4-5-6-7-8-9-10-11-12-14-13-15/h11-12H,2-10H2,1H3/b12-11+. The molecule has 0 atom stereocenters. The molecular formula is C13H23NO. The monoisotopic (exact) mass is 209 g/mol. The topological polar surface area (TPSA) is 29.4 Å². The molecule has 0 spiro atoms. The van der Waals surface area contributed by atoms with E-state index in [-0.39, 0.29) is 0 Å². The molecule has 0 aromatic rings. The van der Waals surface area contributed by atoms with Gasteiger partial charge >= 0.3 is 0 Å². The Bertz CT molecular complexity index is 193. The second-order valence-corrected chi connectivity index (χ2v) is 3.87. The third-order valence-corrected chi connectivity index (χ3v) is 2.46. The van der Waals surface area contributed by atoms with Crippen molar-refractivity contribution in [3.63, 3.8) is 0 Å². The summed E-state index contributed by atoms with van der Waals surface area (Å²) in [6, 6.07) is 0. The summed E-state index contributed by atoms with van der Waals surface area (Å²) >= 11 is 0. The van der Waals surface area contributed by atoms with E-state index < -0.39 is 0 Å². The van der Waals surface area contributed by atoms with Crippen molar-refractivity contribution in [2.75, 3.05) is 0 Å². The number of hydrogen-bond donors (Lipinski definition) is 0. The molecule has 86 valence electrons. The molecule has 0 bridgehead atoms. The maximum absolute atomic E-state index is 9.72. The number of hydrogen-bond acceptors (Lipinski definition) is 2. The van der Waals surface area contributed by atoms with Crippen molar-refractivity contribution < 1.29 is 4.79 Å². The van der Waals surface area contributed by atoms with E-state index in [0.29, 0.717) is 0 Å². The lowest BCUT2D eigenvalue weighted by Gasteiger charge is -1.99. The van der Waals surface area contributed by atoms with E-state index in [1.54, 1.807) is 0 Å². The highest BCUT2D eigenvalue weighted by atomic mass is 16.1. The summed E-state index contributed by atoms with van der Waals surface area (Å²) in [5, 5.41) is 0. The highest BCUT2D eigenvalue weighted by Crippen LogP contribution is 2.09. The minimum Gasteiger partial charge on any atom is -0.211 e. The molecule has 0 heterocycles. The minimum atomic E-state index is 1.03. The first-order chi connectivity index (χ1) is 7.41. The quantitative estimate of drug-likeness (QED) is 0.298. The second kappa shape index (κ2) is 13.1. The molecular weight excluding hydrogens is 186 g/mol. The summed E-state index contributed by atoms with van der Waals surface area (Å²) in [5.41, 5.74) is 0. The van der Waals surface area contributed by atoms with Crippen LogP contribution in [0.1, 0.15) is 64.7 Å². The van der Waals surface area contributed by atoms with Gasteiger partial charge in [0.15, 0.2) is 0 Å². The largest absolute Gasteiger partial charge is 0.239 e. The average Bonchev–Trinajstić information content (AvgIpc) is 2.26. The Balaban J connectivity index is 3.01. The Kier molecular flexibility index (Phi) is 12.4. The Morgan fingerprint density at radius 1 is 1.00 bits per heavy atom. The first kappa shape index (κ1) is 14.1. The van der Waals surface area contributed by atoms with Gasteiger partial charge in [-0.25, -0.2) is 4.79 Å². The van der Waals surface area contributed by atoms with Crippen LogP contribution >= 0.6 is 0 Å². The maximum atomic E-state index is 9.72. The van der Waals surface area contributed by atoms with Crippen molar-refractivity contribution in [1.29, 1.82) is 0 Å². The number of unbranched alkanes of at least 4 members (excludes halogenated alkanes) is 8. The van der Waals surface area contributed by atoms with Crippen LogP contribution in [-0.2, 0) is 4.79 Å². The lowest BCUT2D eigenvalue weighted by Crippen LogP contribution is -1.79. The van der Waals surface area contributed by atoms with Crippen LogP contribution in [0.3, 0.4) is 0 Å². The molecule has 0 aromatic carbocycles. The summed E-state index contributed by atoms with van der Waals surface area (Å²) < 4.78 is 0. The van der Waals surface area contributed by atoms with E-state index in [0.717, 1.165) is 6.42 Å². The van der Waals surface area contributed by atoms with Gasteiger partial charge in [0.05, 0.1) is 0 Å². The van der Waals surface area contributed by atoms with Gasteiger partial charge in [-0.05, 0) is 12.8 Å². The van der Waals surface area contributed by atoms with E-state index in [1.807, 2.05) is 6.08 Å². The molecule has 2 heteroatoms. The number of rotatable bonds is 10. The number of allylic oxidation sites excluding steroid dienone is 1. The lowest BCUT2D eigenvalue weighted by atomic mass is 10.1. The Labute approximate surface area is 93.5 Å². The summed E-state index contributed by atoms with van der Waals surface area (Å²) in [7, 11) is 0. The Hall–Kier alpha value is -0.880. The van der Waals surface area contributed by atoms with E-state index in [4.69, 9.17) is 0 Å². The second-order valence-electron chi connectivity index (χ2n) is 3.87. The molecule has 0 aliphatic heterocycles. The first-order valence-electron chi connectivity index (χ1n) is 6.13. The van der Waals surface area contributed by atoms with Gasteiger partial charge in [0, 0.05) is 6.20 Å². The predicted molar refractivity (Wildman–Crippen MR) is 64.5 cm³/mol. The van der Waals surface area contributed by atoms with E-state index >= 15 is 0 Å². The smallest absolute Gasteiger partial charge is 0.211 e. The van der Waals surface area contributed by atoms with Gasteiger partial charge in [-0.1, -0.05) is 57.9 Å². The molecule has 0 unspecified atom stereocenters. The van der Waals surface area contributed by atoms with Crippen LogP contribution < -0.4 is 0 Å². The predicted octanol–water partition coefficient (Wildman–Crippen LogP) is 4.37. The van der Waals surface area contributed by atoms with Crippen molar-refractivity contribution in [2.24, 2.45) is 4.99 Å². The van der Waals surface area contributed by atoms with Crippen molar-refractivity contribution >= 4 is 6.08 Å². The molecule has 0 saturated carbocycles. The molecule has 2 nitrogen and oxygen atoms in total. The molecule has 0 aliphatic rings. The molecule has 0 fully saturated rings. The molecule has 0 N–H and O–H groups in total. The summed E-state index contributed by atoms with van der Waals surface area (Å²) in [6.07, 6.45) is 16.7. The minimum absolute atomic E-state index is 1.03. The van der Waals surface area contributed by atoms with Crippen LogP contribution in [0.25, 0.3) is 0 Å². The Morgan fingerprint density at radius 3 is 2.20 bits per heavy atom. The average molecular weight is 209 g/mol. The van der Waals surface area contributed by atoms with Crippen LogP contribution in [0.4, 0.5) is 0 Å². The number of aliphatic imine (C=N–C) groups is 1. The molecule has 15 heavy (non-hydrogen) atoms. The van der Waals surface area contributed by atoms with Crippen LogP contribution in [0.15, 0.2) is 17.3 Å². The van der Waals surface area contributed by atoms with Crippen molar-refractivity contribution in [1.82, 2.24) is 0 Å². The fourth-order valence-electron chi connectivity index (χ4n) is 1.55.